The van der Waals surface area contributed by atoms with Gasteiger partial charge in [-0.05, 0) is 25.5 Å². The van der Waals surface area contributed by atoms with Gasteiger partial charge in [-0.2, -0.15) is 0 Å². The van der Waals surface area contributed by atoms with Gasteiger partial charge in [0.2, 0.25) is 0 Å². The maximum atomic E-state index is 12.1. The largest absolute Gasteiger partial charge is 0.395 e. The van der Waals surface area contributed by atoms with Gasteiger partial charge in [0.15, 0.2) is 0 Å². The van der Waals surface area contributed by atoms with Gasteiger partial charge in [0, 0.05) is 13.1 Å². The number of hydrogen-bond donors (Lipinski definition) is 2. The summed E-state index contributed by atoms with van der Waals surface area (Å²) in [7, 11) is 0. The molecule has 0 saturated carbocycles. The summed E-state index contributed by atoms with van der Waals surface area (Å²) >= 11 is 1.32. The van der Waals surface area contributed by atoms with Gasteiger partial charge < -0.3 is 15.1 Å². The zero-order valence-corrected chi connectivity index (χ0v) is 11.4. The molecule has 2 N–H and O–H groups in total. The number of carbonyl (C=O) groups excluding carboxylic acids is 1. The average Bonchev–Trinajstić information content (AvgIpc) is 2.74. The summed E-state index contributed by atoms with van der Waals surface area (Å²) in [4.78, 5) is 15.1. The highest BCUT2D eigenvalue weighted by atomic mass is 32.1. The number of hydrogen-bond acceptors (Lipinski definition) is 4. The van der Waals surface area contributed by atoms with E-state index in [1.54, 1.807) is 11.0 Å². The van der Waals surface area contributed by atoms with Crippen molar-refractivity contribution in [1.29, 1.82) is 0 Å². The van der Waals surface area contributed by atoms with Crippen LogP contribution in [0.4, 0.5) is 0 Å². The number of rotatable bonds is 4. The van der Waals surface area contributed by atoms with Crippen LogP contribution in [-0.4, -0.2) is 47.3 Å². The van der Waals surface area contributed by atoms with Crippen LogP contribution in [-0.2, 0) is 0 Å². The average molecular weight is 267 g/mol. The second-order valence-corrected chi connectivity index (χ2v) is 4.74. The molecule has 1 aromatic heterocycles. The molecule has 0 aliphatic heterocycles. The molecule has 0 spiro atoms. The predicted molar refractivity (Wildman–Crippen MR) is 71.7 cm³/mol. The van der Waals surface area contributed by atoms with Crippen molar-refractivity contribution in [3.63, 3.8) is 0 Å². The first kappa shape index (κ1) is 14.7. The molecule has 0 saturated heterocycles. The molecule has 0 bridgehead atoms. The molecule has 1 heterocycles. The van der Waals surface area contributed by atoms with E-state index in [4.69, 9.17) is 10.2 Å². The van der Waals surface area contributed by atoms with E-state index in [1.165, 1.54) is 11.3 Å². The van der Waals surface area contributed by atoms with E-state index in [0.29, 0.717) is 18.0 Å². The quantitative estimate of drug-likeness (QED) is 0.795. The van der Waals surface area contributed by atoms with E-state index in [2.05, 4.69) is 11.8 Å². The fourth-order valence-corrected chi connectivity index (χ4v) is 2.53. The maximum absolute atomic E-state index is 12.1. The fraction of sp³-hybridized carbons (Fsp3) is 0.462. The highest BCUT2D eigenvalue weighted by Crippen LogP contribution is 2.22. The molecule has 0 radical (unpaired) electrons. The lowest BCUT2D eigenvalue weighted by atomic mass is 10.2. The van der Waals surface area contributed by atoms with Crippen molar-refractivity contribution in [2.24, 2.45) is 0 Å². The molecule has 18 heavy (non-hydrogen) atoms. The summed E-state index contributed by atoms with van der Waals surface area (Å²) in [6, 6.07) is 1.80. The summed E-state index contributed by atoms with van der Waals surface area (Å²) in [5, 5.41) is 17.6. The molecule has 5 heteroatoms. The van der Waals surface area contributed by atoms with Gasteiger partial charge >= 0.3 is 0 Å². The summed E-state index contributed by atoms with van der Waals surface area (Å²) in [5.74, 6) is 5.32. The molecule has 4 nitrogen and oxygen atoms in total. The van der Waals surface area contributed by atoms with Crippen LogP contribution in [0.5, 0.6) is 0 Å². The third-order valence-corrected chi connectivity index (χ3v) is 3.59. The zero-order chi connectivity index (χ0) is 13.5. The first-order valence-electron chi connectivity index (χ1n) is 5.74. The highest BCUT2D eigenvalue weighted by molar-refractivity contribution is 7.14. The minimum atomic E-state index is -0.188. The van der Waals surface area contributed by atoms with E-state index >= 15 is 0 Å². The van der Waals surface area contributed by atoms with Crippen molar-refractivity contribution < 1.29 is 15.0 Å². The smallest absolute Gasteiger partial charge is 0.264 e. The third kappa shape index (κ3) is 3.57. The molecule has 0 aliphatic rings. The van der Waals surface area contributed by atoms with Crippen LogP contribution in [0, 0.1) is 18.8 Å². The molecule has 1 rings (SSSR count). The molecule has 1 amide bonds. The Hall–Kier alpha value is -1.35. The zero-order valence-electron chi connectivity index (χ0n) is 10.6. The number of thiophene rings is 1. The Bertz CT molecular complexity index is 470. The minimum absolute atomic E-state index is 0.0406. The number of aryl methyl sites for hydroxylation is 1. The second kappa shape index (κ2) is 7.17. The van der Waals surface area contributed by atoms with E-state index in [-0.39, 0.29) is 19.1 Å². The summed E-state index contributed by atoms with van der Waals surface area (Å²) in [6.45, 7) is 4.43. The topological polar surface area (TPSA) is 60.8 Å². The van der Waals surface area contributed by atoms with Crippen molar-refractivity contribution in [2.75, 3.05) is 26.3 Å². The number of nitrogens with zero attached hydrogens (tertiary/aromatic N) is 1. The number of aliphatic hydroxyl groups is 2. The van der Waals surface area contributed by atoms with E-state index in [1.807, 2.05) is 13.8 Å². The molecule has 0 unspecified atom stereocenters. The van der Waals surface area contributed by atoms with Crippen molar-refractivity contribution in [3.05, 3.63) is 21.4 Å². The second-order valence-electron chi connectivity index (χ2n) is 3.69. The summed E-state index contributed by atoms with van der Waals surface area (Å²) < 4.78 is 0. The normalized spacial score (nSPS) is 9.78. The van der Waals surface area contributed by atoms with E-state index in [0.717, 1.165) is 10.4 Å². The Morgan fingerprint density at radius 3 is 2.78 bits per heavy atom. The van der Waals surface area contributed by atoms with Gasteiger partial charge in [-0.15, -0.1) is 11.3 Å². The monoisotopic (exact) mass is 267 g/mol. The maximum Gasteiger partial charge on any atom is 0.264 e. The Morgan fingerprint density at radius 1 is 1.50 bits per heavy atom. The van der Waals surface area contributed by atoms with Crippen LogP contribution < -0.4 is 0 Å². The number of likely N-dealkylation sites (N-methyl/N-ethyl adjacent to an activating group) is 1. The van der Waals surface area contributed by atoms with Crippen LogP contribution in [0.15, 0.2) is 6.07 Å². The molecular formula is C13H17NO3S. The molecule has 0 fully saturated rings. The Balaban J connectivity index is 2.93. The molecule has 0 atom stereocenters. The Labute approximate surface area is 111 Å². The van der Waals surface area contributed by atoms with Crippen LogP contribution in [0.2, 0.25) is 0 Å². The lowest BCUT2D eigenvalue weighted by molar-refractivity contribution is 0.0737. The lowest BCUT2D eigenvalue weighted by Gasteiger charge is -2.18. The van der Waals surface area contributed by atoms with E-state index < -0.39 is 0 Å². The van der Waals surface area contributed by atoms with Gasteiger partial charge in [0.25, 0.3) is 5.91 Å². The van der Waals surface area contributed by atoms with Gasteiger partial charge in [-0.1, -0.05) is 11.8 Å². The molecule has 0 aromatic carbocycles. The van der Waals surface area contributed by atoms with Crippen LogP contribution >= 0.6 is 11.3 Å². The molecule has 98 valence electrons. The van der Waals surface area contributed by atoms with Gasteiger partial charge in [-0.25, -0.2) is 0 Å². The first-order valence-corrected chi connectivity index (χ1v) is 6.56. The summed E-state index contributed by atoms with van der Waals surface area (Å²) in [5.41, 5.74) is 0.935. The van der Waals surface area contributed by atoms with Crippen LogP contribution in [0.3, 0.4) is 0 Å². The minimum Gasteiger partial charge on any atom is -0.395 e. The van der Waals surface area contributed by atoms with Crippen molar-refractivity contribution in [1.82, 2.24) is 4.90 Å². The van der Waals surface area contributed by atoms with E-state index in [9.17, 15) is 4.79 Å². The van der Waals surface area contributed by atoms with Crippen molar-refractivity contribution in [2.45, 2.75) is 13.8 Å². The number of aliphatic hydroxyl groups excluding tert-OH is 2. The third-order valence-electron chi connectivity index (χ3n) is 2.45. The molecule has 1 aromatic rings. The summed E-state index contributed by atoms with van der Waals surface area (Å²) in [6.07, 6.45) is 0. The Morgan fingerprint density at radius 2 is 2.22 bits per heavy atom. The van der Waals surface area contributed by atoms with Crippen LogP contribution in [0.1, 0.15) is 27.0 Å². The SMILES string of the molecule is CCN(CCO)C(=O)c1cc(C)c(C#CCO)s1. The Kier molecular flexibility index (Phi) is 5.86. The number of carbonyl (C=O) groups is 1. The van der Waals surface area contributed by atoms with Crippen molar-refractivity contribution >= 4 is 17.2 Å². The van der Waals surface area contributed by atoms with Gasteiger partial charge in [0.1, 0.15) is 6.61 Å². The van der Waals surface area contributed by atoms with Gasteiger partial charge in [-0.3, -0.25) is 4.79 Å². The lowest BCUT2D eigenvalue weighted by Crippen LogP contribution is -2.32. The first-order chi connectivity index (χ1) is 8.63. The standard InChI is InChI=1S/C13H17NO3S/c1-3-14(6-8-16)13(17)12-9-10(2)11(18-12)5-4-7-15/h9,15-16H,3,6-8H2,1-2H3. The molecular weight excluding hydrogens is 250 g/mol. The van der Waals surface area contributed by atoms with Gasteiger partial charge in [0.05, 0.1) is 16.4 Å². The predicted octanol–water partition coefficient (Wildman–Crippen LogP) is 0.855. The fourth-order valence-electron chi connectivity index (χ4n) is 1.51. The molecule has 0 aliphatic carbocycles. The van der Waals surface area contributed by atoms with Crippen LogP contribution in [0.25, 0.3) is 0 Å². The number of amides is 1. The van der Waals surface area contributed by atoms with Crippen molar-refractivity contribution in [3.8, 4) is 11.8 Å². The highest BCUT2D eigenvalue weighted by Gasteiger charge is 2.17.